The number of aromatic nitrogens is 2. The summed E-state index contributed by atoms with van der Waals surface area (Å²) in [6.45, 7) is 0.0195. The maximum Gasteiger partial charge on any atom is 0.263 e. The molecule has 1 N–H and O–H groups in total. The van der Waals surface area contributed by atoms with Crippen molar-refractivity contribution < 1.29 is 9.53 Å². The molecule has 0 spiro atoms. The number of amides is 1. The van der Waals surface area contributed by atoms with Crippen molar-refractivity contribution in [3.8, 4) is 5.88 Å². The molecule has 1 aliphatic heterocycles. The Balaban J connectivity index is 2.41. The van der Waals surface area contributed by atoms with E-state index in [1.807, 2.05) is 0 Å². The van der Waals surface area contributed by atoms with Crippen LogP contribution in [-0.4, -0.2) is 22.5 Å². The second-order valence-corrected chi connectivity index (χ2v) is 2.05. The Kier molecular flexibility index (Phi) is 1.21. The van der Waals surface area contributed by atoms with Gasteiger partial charge in [-0.1, -0.05) is 0 Å². The van der Waals surface area contributed by atoms with Gasteiger partial charge in [0.1, 0.15) is 0 Å². The van der Waals surface area contributed by atoms with E-state index in [4.69, 9.17) is 4.74 Å². The SMILES string of the molecule is O=C1COc2nccnc2N1. The summed E-state index contributed by atoms with van der Waals surface area (Å²) in [5, 5.41) is 2.52. The summed E-state index contributed by atoms with van der Waals surface area (Å²) in [5.74, 6) is 0.578. The smallest absolute Gasteiger partial charge is 0.263 e. The van der Waals surface area contributed by atoms with E-state index >= 15 is 0 Å². The van der Waals surface area contributed by atoms with Gasteiger partial charge in [0.15, 0.2) is 12.4 Å². The van der Waals surface area contributed by atoms with Crippen LogP contribution in [0.4, 0.5) is 5.82 Å². The molecule has 11 heavy (non-hydrogen) atoms. The van der Waals surface area contributed by atoms with Gasteiger partial charge >= 0.3 is 0 Å². The van der Waals surface area contributed by atoms with E-state index in [1.165, 1.54) is 12.4 Å². The summed E-state index contributed by atoms with van der Waals surface area (Å²) in [6.07, 6.45) is 3.00. The minimum absolute atomic E-state index is 0.0195. The number of nitrogens with zero attached hydrogens (tertiary/aromatic N) is 2. The van der Waals surface area contributed by atoms with Crippen molar-refractivity contribution in [2.75, 3.05) is 11.9 Å². The average molecular weight is 151 g/mol. The van der Waals surface area contributed by atoms with Gasteiger partial charge in [0, 0.05) is 12.4 Å². The summed E-state index contributed by atoms with van der Waals surface area (Å²) in [5.41, 5.74) is 0. The molecule has 5 heteroatoms. The number of carbonyl (C=O) groups excluding carboxylic acids is 1. The molecule has 0 atom stereocenters. The Labute approximate surface area is 62.4 Å². The predicted molar refractivity (Wildman–Crippen MR) is 36.2 cm³/mol. The molecule has 0 fully saturated rings. The van der Waals surface area contributed by atoms with E-state index in [2.05, 4.69) is 15.3 Å². The number of ether oxygens (including phenoxy) is 1. The molecule has 0 saturated carbocycles. The molecular weight excluding hydrogens is 146 g/mol. The molecule has 1 aromatic rings. The van der Waals surface area contributed by atoms with Gasteiger partial charge in [-0.25, -0.2) is 9.97 Å². The number of hydrogen-bond donors (Lipinski definition) is 1. The maximum atomic E-state index is 10.7. The lowest BCUT2D eigenvalue weighted by atomic mass is 10.5. The van der Waals surface area contributed by atoms with Crippen LogP contribution in [0.3, 0.4) is 0 Å². The molecule has 0 saturated heterocycles. The predicted octanol–water partition coefficient (Wildman–Crippen LogP) is -0.193. The third-order valence-electron chi connectivity index (χ3n) is 1.26. The van der Waals surface area contributed by atoms with E-state index in [-0.39, 0.29) is 12.5 Å². The Hall–Kier alpha value is -1.65. The highest BCUT2D eigenvalue weighted by Crippen LogP contribution is 2.19. The molecule has 1 amide bonds. The molecule has 0 radical (unpaired) electrons. The molecule has 2 heterocycles. The Morgan fingerprint density at radius 2 is 2.27 bits per heavy atom. The number of nitrogens with one attached hydrogen (secondary N) is 1. The number of carbonyl (C=O) groups is 1. The van der Waals surface area contributed by atoms with E-state index in [0.717, 1.165) is 0 Å². The fourth-order valence-electron chi connectivity index (χ4n) is 0.819. The zero-order valence-electron chi connectivity index (χ0n) is 5.57. The minimum atomic E-state index is -0.196. The topological polar surface area (TPSA) is 64.1 Å². The lowest BCUT2D eigenvalue weighted by Gasteiger charge is -2.13. The van der Waals surface area contributed by atoms with E-state index in [0.29, 0.717) is 11.7 Å². The molecular formula is C6H5N3O2. The van der Waals surface area contributed by atoms with E-state index < -0.39 is 0 Å². The number of anilines is 1. The first kappa shape index (κ1) is 6.09. The van der Waals surface area contributed by atoms with Gasteiger partial charge in [0.05, 0.1) is 0 Å². The fraction of sp³-hybridized carbons (Fsp3) is 0.167. The van der Waals surface area contributed by atoms with Crippen molar-refractivity contribution in [2.45, 2.75) is 0 Å². The zero-order chi connectivity index (χ0) is 7.68. The standard InChI is InChI=1S/C6H5N3O2/c10-4-3-11-6-5(9-4)7-1-2-8-6/h1-2H,3H2,(H,7,9,10). The molecule has 5 nitrogen and oxygen atoms in total. The van der Waals surface area contributed by atoms with Crippen molar-refractivity contribution >= 4 is 11.7 Å². The molecule has 0 aromatic carbocycles. The van der Waals surface area contributed by atoms with Gasteiger partial charge in [-0.3, -0.25) is 4.79 Å². The van der Waals surface area contributed by atoms with Crippen LogP contribution in [0.15, 0.2) is 12.4 Å². The Bertz CT molecular complexity index is 300. The summed E-state index contributed by atoms with van der Waals surface area (Å²) in [6, 6.07) is 0. The van der Waals surface area contributed by atoms with Crippen molar-refractivity contribution in [2.24, 2.45) is 0 Å². The number of fused-ring (bicyclic) bond motifs is 1. The second-order valence-electron chi connectivity index (χ2n) is 2.05. The minimum Gasteiger partial charge on any atom is -0.465 e. The molecule has 0 aliphatic carbocycles. The third kappa shape index (κ3) is 1.000. The van der Waals surface area contributed by atoms with Crippen LogP contribution in [0.1, 0.15) is 0 Å². The highest BCUT2D eigenvalue weighted by molar-refractivity contribution is 5.93. The third-order valence-corrected chi connectivity index (χ3v) is 1.26. The van der Waals surface area contributed by atoms with Crippen LogP contribution in [0.2, 0.25) is 0 Å². The lowest BCUT2D eigenvalue weighted by molar-refractivity contribution is -0.118. The second kappa shape index (κ2) is 2.19. The molecule has 1 aliphatic rings. The normalized spacial score (nSPS) is 14.7. The monoisotopic (exact) mass is 151 g/mol. The highest BCUT2D eigenvalue weighted by Gasteiger charge is 2.16. The molecule has 2 rings (SSSR count). The molecule has 1 aromatic heterocycles. The largest absolute Gasteiger partial charge is 0.465 e. The fourth-order valence-corrected chi connectivity index (χ4v) is 0.819. The van der Waals surface area contributed by atoms with Gasteiger partial charge in [-0.15, -0.1) is 0 Å². The Morgan fingerprint density at radius 3 is 3.18 bits per heavy atom. The van der Waals surface area contributed by atoms with Crippen LogP contribution < -0.4 is 10.1 Å². The van der Waals surface area contributed by atoms with Gasteiger partial charge in [0.2, 0.25) is 0 Å². The molecule has 0 bridgehead atoms. The van der Waals surface area contributed by atoms with E-state index in [1.54, 1.807) is 0 Å². The molecule has 56 valence electrons. The van der Waals surface area contributed by atoms with E-state index in [9.17, 15) is 4.79 Å². The summed E-state index contributed by atoms with van der Waals surface area (Å²) in [7, 11) is 0. The van der Waals surface area contributed by atoms with Crippen molar-refractivity contribution in [1.29, 1.82) is 0 Å². The first-order chi connectivity index (χ1) is 5.36. The van der Waals surface area contributed by atoms with Crippen LogP contribution >= 0.6 is 0 Å². The molecule has 0 unspecified atom stereocenters. The summed E-state index contributed by atoms with van der Waals surface area (Å²) >= 11 is 0. The quantitative estimate of drug-likeness (QED) is 0.558. The van der Waals surface area contributed by atoms with Crippen LogP contribution in [0, 0.1) is 0 Å². The number of hydrogen-bond acceptors (Lipinski definition) is 4. The maximum absolute atomic E-state index is 10.7. The average Bonchev–Trinajstić information content (AvgIpc) is 2.04. The van der Waals surface area contributed by atoms with Crippen molar-refractivity contribution in [3.63, 3.8) is 0 Å². The Morgan fingerprint density at radius 1 is 1.45 bits per heavy atom. The van der Waals surface area contributed by atoms with Crippen LogP contribution in [0.25, 0.3) is 0 Å². The summed E-state index contributed by atoms with van der Waals surface area (Å²) < 4.78 is 4.95. The van der Waals surface area contributed by atoms with Gasteiger partial charge < -0.3 is 10.1 Å². The zero-order valence-corrected chi connectivity index (χ0v) is 5.57. The first-order valence-electron chi connectivity index (χ1n) is 3.10. The van der Waals surface area contributed by atoms with Crippen LogP contribution in [0.5, 0.6) is 5.88 Å². The van der Waals surface area contributed by atoms with Gasteiger partial charge in [-0.2, -0.15) is 0 Å². The van der Waals surface area contributed by atoms with Crippen molar-refractivity contribution in [3.05, 3.63) is 12.4 Å². The van der Waals surface area contributed by atoms with Gasteiger partial charge in [0.25, 0.3) is 11.8 Å². The van der Waals surface area contributed by atoms with Crippen LogP contribution in [-0.2, 0) is 4.79 Å². The number of rotatable bonds is 0. The van der Waals surface area contributed by atoms with Gasteiger partial charge in [-0.05, 0) is 0 Å². The lowest BCUT2D eigenvalue weighted by Crippen LogP contribution is -2.26. The first-order valence-corrected chi connectivity index (χ1v) is 3.10. The summed E-state index contributed by atoms with van der Waals surface area (Å²) in [4.78, 5) is 18.4. The van der Waals surface area contributed by atoms with Crippen molar-refractivity contribution in [1.82, 2.24) is 9.97 Å². The highest BCUT2D eigenvalue weighted by atomic mass is 16.5.